The molecule has 1 saturated heterocycles. The van der Waals surface area contributed by atoms with Gasteiger partial charge in [0.2, 0.25) is 0 Å². The van der Waals surface area contributed by atoms with Crippen molar-refractivity contribution in [3.05, 3.63) is 49.1 Å². The molecule has 4 aromatic rings. The first-order valence-electron chi connectivity index (χ1n) is 10.4. The Morgan fingerprint density at radius 3 is 2.76 bits per heavy atom. The van der Waals surface area contributed by atoms with E-state index in [1.54, 1.807) is 42.4 Å². The molecule has 1 aliphatic rings. The van der Waals surface area contributed by atoms with E-state index in [4.69, 9.17) is 4.74 Å². The molecule has 33 heavy (non-hydrogen) atoms. The van der Waals surface area contributed by atoms with Gasteiger partial charge >= 0.3 is 6.18 Å². The number of aryl methyl sites for hydroxylation is 1. The summed E-state index contributed by atoms with van der Waals surface area (Å²) in [5.74, 6) is -0.428. The summed E-state index contributed by atoms with van der Waals surface area (Å²) < 4.78 is 49.0. The number of imidazole rings is 1. The summed E-state index contributed by atoms with van der Waals surface area (Å²) in [7, 11) is 3.43. The van der Waals surface area contributed by atoms with Crippen molar-refractivity contribution in [2.24, 2.45) is 13.0 Å². The van der Waals surface area contributed by atoms with E-state index in [0.29, 0.717) is 28.6 Å². The highest BCUT2D eigenvalue weighted by molar-refractivity contribution is 5.73. The molecule has 1 aliphatic heterocycles. The summed E-state index contributed by atoms with van der Waals surface area (Å²) >= 11 is 0. The highest BCUT2D eigenvalue weighted by atomic mass is 19.4. The van der Waals surface area contributed by atoms with Gasteiger partial charge in [0, 0.05) is 49.7 Å². The van der Waals surface area contributed by atoms with Gasteiger partial charge in [-0.2, -0.15) is 18.3 Å². The third kappa shape index (κ3) is 3.99. The molecule has 0 aromatic carbocycles. The average molecular weight is 457 g/mol. The second-order valence-electron chi connectivity index (χ2n) is 8.00. The van der Waals surface area contributed by atoms with Crippen LogP contribution in [0, 0.1) is 5.92 Å². The molecule has 0 unspecified atom stereocenters. The van der Waals surface area contributed by atoms with Gasteiger partial charge in [0.05, 0.1) is 42.9 Å². The van der Waals surface area contributed by atoms with E-state index < -0.39 is 18.1 Å². The molecule has 0 saturated carbocycles. The molecular weight excluding hydrogens is 435 g/mol. The highest BCUT2D eigenvalue weighted by Crippen LogP contribution is 2.34. The van der Waals surface area contributed by atoms with Crippen molar-refractivity contribution < 1.29 is 17.9 Å². The number of aromatic nitrogens is 5. The minimum Gasteiger partial charge on any atom is -0.496 e. The first kappa shape index (κ1) is 21.3. The third-order valence-electron chi connectivity index (χ3n) is 5.82. The number of nitrogens with one attached hydrogen (secondary N) is 2. The van der Waals surface area contributed by atoms with Crippen LogP contribution in [0.5, 0.6) is 5.75 Å². The Balaban J connectivity index is 1.51. The zero-order chi connectivity index (χ0) is 23.2. The number of hydrogen-bond donors (Lipinski definition) is 2. The summed E-state index contributed by atoms with van der Waals surface area (Å²) in [4.78, 5) is 9.04. The first-order valence-corrected chi connectivity index (χ1v) is 10.4. The lowest BCUT2D eigenvalue weighted by atomic mass is 10.0. The van der Waals surface area contributed by atoms with E-state index in [1.807, 2.05) is 29.9 Å². The number of alkyl halides is 3. The predicted molar refractivity (Wildman–Crippen MR) is 117 cm³/mol. The van der Waals surface area contributed by atoms with E-state index in [1.165, 1.54) is 0 Å². The maximum Gasteiger partial charge on any atom is 0.395 e. The zero-order valence-corrected chi connectivity index (χ0v) is 18.0. The van der Waals surface area contributed by atoms with E-state index in [0.717, 1.165) is 11.1 Å². The van der Waals surface area contributed by atoms with Gasteiger partial charge in [-0.05, 0) is 12.1 Å². The number of ether oxygens (including phenoxy) is 1. The van der Waals surface area contributed by atoms with Gasteiger partial charge in [-0.1, -0.05) is 6.07 Å². The monoisotopic (exact) mass is 457 g/mol. The van der Waals surface area contributed by atoms with Crippen molar-refractivity contribution in [1.29, 1.82) is 0 Å². The zero-order valence-electron chi connectivity index (χ0n) is 18.0. The Morgan fingerprint density at radius 1 is 1.18 bits per heavy atom. The van der Waals surface area contributed by atoms with E-state index in [9.17, 15) is 13.2 Å². The van der Waals surface area contributed by atoms with Crippen molar-refractivity contribution in [1.82, 2.24) is 29.5 Å². The Hall–Kier alpha value is -3.60. The van der Waals surface area contributed by atoms with Crippen LogP contribution in [0.4, 0.5) is 19.0 Å². The van der Waals surface area contributed by atoms with Gasteiger partial charge in [-0.15, -0.1) is 0 Å². The van der Waals surface area contributed by atoms with Crippen LogP contribution in [-0.4, -0.2) is 56.6 Å². The molecule has 0 spiro atoms. The molecule has 2 N–H and O–H groups in total. The molecule has 0 radical (unpaired) electrons. The number of halogens is 3. The normalized spacial score (nSPS) is 18.7. The van der Waals surface area contributed by atoms with Crippen LogP contribution in [0.25, 0.3) is 28.2 Å². The Kier molecular flexibility index (Phi) is 5.20. The van der Waals surface area contributed by atoms with Crippen LogP contribution < -0.4 is 15.4 Å². The number of nitrogens with zero attached hydrogens (tertiary/aromatic N) is 5. The van der Waals surface area contributed by atoms with Crippen LogP contribution in [0.2, 0.25) is 0 Å². The summed E-state index contributed by atoms with van der Waals surface area (Å²) in [6.07, 6.45) is 2.94. The van der Waals surface area contributed by atoms with Crippen molar-refractivity contribution in [3.63, 3.8) is 0 Å². The predicted octanol–water partition coefficient (Wildman–Crippen LogP) is 3.37. The molecule has 1 fully saturated rings. The smallest absolute Gasteiger partial charge is 0.395 e. The molecule has 0 amide bonds. The van der Waals surface area contributed by atoms with Gasteiger partial charge in [-0.25, -0.2) is 9.97 Å². The summed E-state index contributed by atoms with van der Waals surface area (Å²) in [5.41, 5.74) is 3.66. The molecule has 2 atom stereocenters. The molecule has 5 rings (SSSR count). The molecule has 4 aromatic heterocycles. The minimum absolute atomic E-state index is 0.104. The van der Waals surface area contributed by atoms with E-state index >= 15 is 0 Å². The fraction of sp³-hybridized carbons (Fsp3) is 0.318. The average Bonchev–Trinajstić information content (AvgIpc) is 3.52. The number of hydrogen-bond acceptors (Lipinski definition) is 6. The topological polar surface area (TPSA) is 81.3 Å². The second-order valence-corrected chi connectivity index (χ2v) is 8.00. The number of fused-ring (bicyclic) bond motifs is 1. The fourth-order valence-electron chi connectivity index (χ4n) is 4.16. The Labute approximate surface area is 187 Å². The Bertz CT molecular complexity index is 1300. The van der Waals surface area contributed by atoms with Gasteiger partial charge in [0.1, 0.15) is 17.2 Å². The summed E-state index contributed by atoms with van der Waals surface area (Å²) in [6.45, 7) is 0.118. The van der Waals surface area contributed by atoms with Crippen LogP contribution >= 0.6 is 0 Å². The van der Waals surface area contributed by atoms with Crippen molar-refractivity contribution in [2.75, 3.05) is 25.5 Å². The third-order valence-corrected chi connectivity index (χ3v) is 5.82. The van der Waals surface area contributed by atoms with E-state index in [2.05, 4.69) is 25.7 Å². The van der Waals surface area contributed by atoms with Crippen LogP contribution in [0.3, 0.4) is 0 Å². The SMILES string of the molecule is COc1cc2ncc(-c3cccc(N[C@H]4CNC[C@@H]4C(F)(F)F)n3)n2cc1-c1cnn(C)c1. The van der Waals surface area contributed by atoms with Crippen LogP contribution in [0.15, 0.2) is 49.1 Å². The number of anilines is 1. The number of pyridine rings is 2. The lowest BCUT2D eigenvalue weighted by Crippen LogP contribution is -2.38. The summed E-state index contributed by atoms with van der Waals surface area (Å²) in [6, 6.07) is 6.28. The number of methoxy groups -OCH3 is 1. The van der Waals surface area contributed by atoms with Gasteiger partial charge in [0.15, 0.2) is 0 Å². The summed E-state index contributed by atoms with van der Waals surface area (Å²) in [5, 5.41) is 9.99. The first-order chi connectivity index (χ1) is 15.8. The maximum atomic E-state index is 13.3. The fourth-order valence-corrected chi connectivity index (χ4v) is 4.16. The van der Waals surface area contributed by atoms with Crippen LogP contribution in [0.1, 0.15) is 0 Å². The quantitative estimate of drug-likeness (QED) is 0.478. The molecule has 8 nitrogen and oxygen atoms in total. The second kappa shape index (κ2) is 8.07. The lowest BCUT2D eigenvalue weighted by Gasteiger charge is -2.22. The van der Waals surface area contributed by atoms with Gasteiger partial charge in [0.25, 0.3) is 0 Å². The van der Waals surface area contributed by atoms with E-state index in [-0.39, 0.29) is 13.1 Å². The molecular formula is C22H22F3N7O. The maximum absolute atomic E-state index is 13.3. The number of rotatable bonds is 5. The van der Waals surface area contributed by atoms with Crippen molar-refractivity contribution in [3.8, 4) is 28.3 Å². The molecule has 172 valence electrons. The minimum atomic E-state index is -4.28. The Morgan fingerprint density at radius 2 is 2.03 bits per heavy atom. The van der Waals surface area contributed by atoms with Gasteiger partial charge in [-0.3, -0.25) is 9.08 Å². The molecule has 0 bridgehead atoms. The van der Waals surface area contributed by atoms with Crippen molar-refractivity contribution >= 4 is 11.5 Å². The van der Waals surface area contributed by atoms with Crippen molar-refractivity contribution in [2.45, 2.75) is 12.2 Å². The molecule has 5 heterocycles. The lowest BCUT2D eigenvalue weighted by molar-refractivity contribution is -0.170. The largest absolute Gasteiger partial charge is 0.496 e. The standard InChI is InChI=1S/C22H22F3N7O/c1-31-11-13(7-28-31)14-12-32-18(10-27-21(32)6-19(14)33-2)16-4-3-5-20(29-16)30-17-9-26-8-15(17)22(23,24)25/h3-7,10-12,15,17,26H,8-9H2,1-2H3,(H,29,30)/t15-,17-/m0/s1. The van der Waals surface area contributed by atoms with Crippen LogP contribution in [-0.2, 0) is 7.05 Å². The van der Waals surface area contributed by atoms with Gasteiger partial charge < -0.3 is 15.4 Å². The molecule has 0 aliphatic carbocycles. The molecule has 11 heteroatoms. The highest BCUT2D eigenvalue weighted by Gasteiger charge is 2.47.